The number of piperidine rings is 1. The van der Waals surface area contributed by atoms with Gasteiger partial charge in [0, 0.05) is 44.7 Å². The lowest BCUT2D eigenvalue weighted by Gasteiger charge is -2.35. The highest BCUT2D eigenvalue weighted by atomic mass is 16.3. The summed E-state index contributed by atoms with van der Waals surface area (Å²) in [5.74, 6) is 1.35. The van der Waals surface area contributed by atoms with Crippen LogP contribution >= 0.6 is 0 Å². The molecule has 0 radical (unpaired) electrons. The monoisotopic (exact) mass is 396 g/mol. The number of hydrogen-bond acceptors (Lipinski definition) is 3. The summed E-state index contributed by atoms with van der Waals surface area (Å²) in [6.07, 6.45) is 6.59. The Hall–Kier alpha value is -1.30. The van der Waals surface area contributed by atoms with Crippen LogP contribution in [0.15, 0.2) is 4.99 Å². The van der Waals surface area contributed by atoms with Crippen LogP contribution in [0.25, 0.3) is 0 Å². The molecule has 0 saturated carbocycles. The second-order valence-corrected chi connectivity index (χ2v) is 8.13. The van der Waals surface area contributed by atoms with Gasteiger partial charge in [-0.25, -0.2) is 0 Å². The van der Waals surface area contributed by atoms with Gasteiger partial charge in [-0.1, -0.05) is 27.7 Å². The summed E-state index contributed by atoms with van der Waals surface area (Å²) in [5, 5.41) is 16.4. The topological polar surface area (TPSA) is 77.0 Å². The minimum atomic E-state index is 0.0716. The van der Waals surface area contributed by atoms with Crippen LogP contribution in [-0.2, 0) is 4.79 Å². The van der Waals surface area contributed by atoms with Crippen molar-refractivity contribution in [2.24, 2.45) is 16.3 Å². The summed E-state index contributed by atoms with van der Waals surface area (Å²) in [5.41, 5.74) is 0.0716. The Morgan fingerprint density at radius 2 is 1.75 bits per heavy atom. The van der Waals surface area contributed by atoms with Crippen LogP contribution in [0.5, 0.6) is 0 Å². The minimum absolute atomic E-state index is 0.0716. The Labute approximate surface area is 172 Å². The fourth-order valence-corrected chi connectivity index (χ4v) is 4.04. The molecular formula is C22H44N4O2. The van der Waals surface area contributed by atoms with Crippen molar-refractivity contribution in [3.63, 3.8) is 0 Å². The van der Waals surface area contributed by atoms with Crippen LogP contribution in [-0.4, -0.2) is 60.7 Å². The van der Waals surface area contributed by atoms with Gasteiger partial charge in [-0.3, -0.25) is 9.79 Å². The third kappa shape index (κ3) is 7.26. The molecule has 0 aromatic carbocycles. The van der Waals surface area contributed by atoms with E-state index in [9.17, 15) is 9.90 Å². The predicted molar refractivity (Wildman–Crippen MR) is 118 cm³/mol. The number of aliphatic imine (C=N–C) groups is 1. The number of rotatable bonds is 11. The highest BCUT2D eigenvalue weighted by Crippen LogP contribution is 2.30. The molecule has 28 heavy (non-hydrogen) atoms. The Morgan fingerprint density at radius 1 is 1.14 bits per heavy atom. The Balaban J connectivity index is 2.65. The number of carbonyl (C=O) groups is 1. The van der Waals surface area contributed by atoms with Crippen molar-refractivity contribution in [2.45, 2.75) is 85.6 Å². The van der Waals surface area contributed by atoms with Gasteiger partial charge in [-0.05, 0) is 57.3 Å². The fraction of sp³-hybridized carbons (Fsp3) is 0.909. The molecule has 1 saturated heterocycles. The van der Waals surface area contributed by atoms with Gasteiger partial charge in [0.25, 0.3) is 0 Å². The van der Waals surface area contributed by atoms with E-state index in [1.807, 2.05) is 4.90 Å². The summed E-state index contributed by atoms with van der Waals surface area (Å²) >= 11 is 0. The van der Waals surface area contributed by atoms with Crippen molar-refractivity contribution in [1.29, 1.82) is 0 Å². The molecule has 0 bridgehead atoms. The average molecular weight is 397 g/mol. The van der Waals surface area contributed by atoms with Crippen LogP contribution in [0.3, 0.4) is 0 Å². The molecule has 1 aliphatic rings. The molecule has 6 nitrogen and oxygen atoms in total. The van der Waals surface area contributed by atoms with E-state index < -0.39 is 0 Å². The lowest BCUT2D eigenvalue weighted by Crippen LogP contribution is -2.50. The van der Waals surface area contributed by atoms with Crippen LogP contribution in [0.4, 0.5) is 0 Å². The smallest absolute Gasteiger partial charge is 0.225 e. The van der Waals surface area contributed by atoms with Crippen molar-refractivity contribution in [3.8, 4) is 0 Å². The average Bonchev–Trinajstić information content (AvgIpc) is 2.72. The number of likely N-dealkylation sites (tertiary alicyclic amines) is 1. The fourth-order valence-electron chi connectivity index (χ4n) is 4.04. The van der Waals surface area contributed by atoms with Gasteiger partial charge >= 0.3 is 0 Å². The molecule has 1 heterocycles. The van der Waals surface area contributed by atoms with Crippen molar-refractivity contribution >= 4 is 11.9 Å². The largest absolute Gasteiger partial charge is 0.396 e. The minimum Gasteiger partial charge on any atom is -0.396 e. The Kier molecular flexibility index (Phi) is 11.5. The third-order valence-electron chi connectivity index (χ3n) is 6.54. The van der Waals surface area contributed by atoms with Crippen molar-refractivity contribution in [3.05, 3.63) is 0 Å². The number of carbonyl (C=O) groups excluding carboxylic acids is 1. The zero-order valence-corrected chi connectivity index (χ0v) is 18.9. The molecule has 0 aromatic heterocycles. The van der Waals surface area contributed by atoms with Crippen LogP contribution in [0.1, 0.15) is 79.6 Å². The van der Waals surface area contributed by atoms with Gasteiger partial charge < -0.3 is 20.6 Å². The second kappa shape index (κ2) is 13.0. The lowest BCUT2D eigenvalue weighted by atomic mass is 9.79. The number of nitrogens with one attached hydrogen (secondary N) is 2. The van der Waals surface area contributed by atoms with Gasteiger partial charge in [0.2, 0.25) is 5.91 Å². The highest BCUT2D eigenvalue weighted by molar-refractivity contribution is 5.80. The molecule has 0 aromatic rings. The van der Waals surface area contributed by atoms with Crippen molar-refractivity contribution in [1.82, 2.24) is 15.5 Å². The highest BCUT2D eigenvalue weighted by Gasteiger charge is 2.28. The van der Waals surface area contributed by atoms with Gasteiger partial charge in [0.1, 0.15) is 0 Å². The van der Waals surface area contributed by atoms with Crippen LogP contribution in [0.2, 0.25) is 0 Å². The predicted octanol–water partition coefficient (Wildman–Crippen LogP) is 3.16. The van der Waals surface area contributed by atoms with Crippen LogP contribution in [0, 0.1) is 11.3 Å². The quantitative estimate of drug-likeness (QED) is 0.370. The molecule has 1 aliphatic heterocycles. The SMILES string of the molecule is CCNC(=NCC(CC)(CC)CCO)NC1CCN(C(=O)C(CC)CC)CC1. The van der Waals surface area contributed by atoms with Crippen molar-refractivity contribution in [2.75, 3.05) is 32.8 Å². The lowest BCUT2D eigenvalue weighted by molar-refractivity contribution is -0.136. The maximum absolute atomic E-state index is 12.6. The number of aliphatic hydroxyl groups is 1. The van der Waals surface area contributed by atoms with E-state index in [2.05, 4.69) is 45.3 Å². The van der Waals surface area contributed by atoms with E-state index in [1.165, 1.54) is 0 Å². The van der Waals surface area contributed by atoms with E-state index in [-0.39, 0.29) is 17.9 Å². The third-order valence-corrected chi connectivity index (χ3v) is 6.54. The number of aliphatic hydroxyl groups excluding tert-OH is 1. The molecule has 3 N–H and O–H groups in total. The van der Waals surface area contributed by atoms with E-state index in [4.69, 9.17) is 4.99 Å². The van der Waals surface area contributed by atoms with Gasteiger partial charge in [-0.2, -0.15) is 0 Å². The molecule has 0 aliphatic carbocycles. The molecule has 1 rings (SSSR count). The summed E-state index contributed by atoms with van der Waals surface area (Å²) in [6, 6.07) is 0.346. The Bertz CT molecular complexity index is 465. The van der Waals surface area contributed by atoms with Crippen molar-refractivity contribution < 1.29 is 9.90 Å². The first-order valence-electron chi connectivity index (χ1n) is 11.4. The molecular weight excluding hydrogens is 352 g/mol. The normalized spacial score (nSPS) is 16.5. The van der Waals surface area contributed by atoms with Gasteiger partial charge in [0.15, 0.2) is 5.96 Å². The molecule has 164 valence electrons. The van der Waals surface area contributed by atoms with E-state index in [0.29, 0.717) is 11.9 Å². The maximum atomic E-state index is 12.6. The standard InChI is InChI=1S/C22H44N4O2/c1-6-18(7-2)20(28)26-14-11-19(12-15-26)25-21(23-10-5)24-17-22(8-3,9-4)13-16-27/h18-19,27H,6-17H2,1-5H3,(H2,23,24,25). The Morgan fingerprint density at radius 3 is 2.21 bits per heavy atom. The number of guanidine groups is 1. The first-order chi connectivity index (χ1) is 13.5. The first kappa shape index (κ1) is 24.7. The maximum Gasteiger partial charge on any atom is 0.225 e. The van der Waals surface area contributed by atoms with E-state index in [1.54, 1.807) is 0 Å². The summed E-state index contributed by atoms with van der Waals surface area (Å²) in [4.78, 5) is 19.5. The molecule has 0 unspecified atom stereocenters. The molecule has 0 atom stereocenters. The summed E-state index contributed by atoms with van der Waals surface area (Å²) in [7, 11) is 0. The zero-order valence-electron chi connectivity index (χ0n) is 18.9. The molecule has 1 amide bonds. The van der Waals surface area contributed by atoms with E-state index in [0.717, 1.165) is 77.1 Å². The molecule has 6 heteroatoms. The number of amides is 1. The number of hydrogen-bond donors (Lipinski definition) is 3. The summed E-state index contributed by atoms with van der Waals surface area (Å²) in [6.45, 7) is 14.1. The first-order valence-corrected chi connectivity index (χ1v) is 11.4. The second-order valence-electron chi connectivity index (χ2n) is 8.13. The molecule has 0 spiro atoms. The summed E-state index contributed by atoms with van der Waals surface area (Å²) < 4.78 is 0. The van der Waals surface area contributed by atoms with Crippen LogP contribution < -0.4 is 10.6 Å². The molecule has 1 fully saturated rings. The van der Waals surface area contributed by atoms with Gasteiger partial charge in [-0.15, -0.1) is 0 Å². The number of nitrogens with zero attached hydrogens (tertiary/aromatic N) is 2. The van der Waals surface area contributed by atoms with Gasteiger partial charge in [0.05, 0.1) is 0 Å². The zero-order chi connectivity index (χ0) is 21.0. The van der Waals surface area contributed by atoms with E-state index >= 15 is 0 Å².